The van der Waals surface area contributed by atoms with Crippen LogP contribution in [-0.4, -0.2) is 48.3 Å². The Balaban J connectivity index is 2.79. The first kappa shape index (κ1) is 10.0. The summed E-state index contributed by atoms with van der Waals surface area (Å²) in [4.78, 5) is 2.48. The van der Waals surface area contributed by atoms with Crippen LogP contribution in [0, 0.1) is 0 Å². The largest absolute Gasteiger partial charge is 0.308 e. The van der Waals surface area contributed by atoms with Crippen molar-refractivity contribution in [1.29, 1.82) is 0 Å². The highest BCUT2D eigenvalue weighted by Gasteiger charge is 2.44. The van der Waals surface area contributed by atoms with Gasteiger partial charge in [0.1, 0.15) is 12.7 Å². The van der Waals surface area contributed by atoms with Crippen molar-refractivity contribution in [3.8, 4) is 0 Å². The SMILES string of the molecule is CC[N+]1(CC)CN(C)C(C)C1C. The van der Waals surface area contributed by atoms with E-state index in [-0.39, 0.29) is 0 Å². The second-order valence-electron chi connectivity index (χ2n) is 4.23. The van der Waals surface area contributed by atoms with Gasteiger partial charge in [-0.3, -0.25) is 4.90 Å². The van der Waals surface area contributed by atoms with Crippen molar-refractivity contribution in [2.45, 2.75) is 39.8 Å². The van der Waals surface area contributed by atoms with Gasteiger partial charge in [-0.25, -0.2) is 0 Å². The fraction of sp³-hybridized carbons (Fsp3) is 1.00. The third kappa shape index (κ3) is 1.27. The summed E-state index contributed by atoms with van der Waals surface area (Å²) in [5.74, 6) is 0. The molecule has 0 bridgehead atoms. The van der Waals surface area contributed by atoms with E-state index in [4.69, 9.17) is 0 Å². The molecule has 0 aromatic heterocycles. The van der Waals surface area contributed by atoms with Gasteiger partial charge in [-0.05, 0) is 34.7 Å². The van der Waals surface area contributed by atoms with Crippen LogP contribution in [0.4, 0.5) is 0 Å². The lowest BCUT2D eigenvalue weighted by Gasteiger charge is -2.36. The van der Waals surface area contributed by atoms with Crippen molar-refractivity contribution < 1.29 is 4.48 Å². The monoisotopic (exact) mass is 171 g/mol. The number of hydrogen-bond acceptors (Lipinski definition) is 1. The molecule has 2 nitrogen and oxygen atoms in total. The summed E-state index contributed by atoms with van der Waals surface area (Å²) in [5.41, 5.74) is 0. The molecule has 1 heterocycles. The number of hydrogen-bond donors (Lipinski definition) is 0. The van der Waals surface area contributed by atoms with Gasteiger partial charge in [-0.2, -0.15) is 0 Å². The molecule has 1 rings (SSSR count). The molecule has 2 heteroatoms. The lowest BCUT2D eigenvalue weighted by Crippen LogP contribution is -2.52. The number of quaternary nitrogens is 1. The van der Waals surface area contributed by atoms with E-state index in [2.05, 4.69) is 39.6 Å². The molecule has 72 valence electrons. The molecule has 0 aromatic rings. The second kappa shape index (κ2) is 3.35. The van der Waals surface area contributed by atoms with E-state index in [9.17, 15) is 0 Å². The molecular weight excluding hydrogens is 148 g/mol. The zero-order chi connectivity index (χ0) is 9.35. The minimum atomic E-state index is 0.741. The third-order valence-electron chi connectivity index (χ3n) is 4.02. The number of rotatable bonds is 2. The van der Waals surface area contributed by atoms with Crippen LogP contribution in [0.5, 0.6) is 0 Å². The highest BCUT2D eigenvalue weighted by Crippen LogP contribution is 2.26. The minimum absolute atomic E-state index is 0.741. The van der Waals surface area contributed by atoms with Gasteiger partial charge >= 0.3 is 0 Å². The summed E-state index contributed by atoms with van der Waals surface area (Å²) in [6.07, 6.45) is 0. The van der Waals surface area contributed by atoms with Gasteiger partial charge in [-0.15, -0.1) is 0 Å². The Kier molecular flexibility index (Phi) is 2.79. The highest BCUT2D eigenvalue weighted by atomic mass is 15.5. The Labute approximate surface area is 76.7 Å². The normalized spacial score (nSPS) is 35.8. The molecule has 0 amide bonds. The van der Waals surface area contributed by atoms with E-state index in [1.165, 1.54) is 24.2 Å². The average molecular weight is 171 g/mol. The minimum Gasteiger partial charge on any atom is -0.308 e. The quantitative estimate of drug-likeness (QED) is 0.569. The lowest BCUT2D eigenvalue weighted by atomic mass is 10.1. The topological polar surface area (TPSA) is 3.24 Å². The summed E-state index contributed by atoms with van der Waals surface area (Å²) in [5, 5.41) is 0. The van der Waals surface area contributed by atoms with Crippen molar-refractivity contribution in [2.24, 2.45) is 0 Å². The van der Waals surface area contributed by atoms with Gasteiger partial charge in [-0.1, -0.05) is 0 Å². The predicted octanol–water partition coefficient (Wildman–Crippen LogP) is 1.52. The third-order valence-corrected chi connectivity index (χ3v) is 4.02. The molecule has 1 saturated heterocycles. The predicted molar refractivity (Wildman–Crippen MR) is 52.9 cm³/mol. The Morgan fingerprint density at radius 3 is 1.92 bits per heavy atom. The molecule has 0 aliphatic carbocycles. The average Bonchev–Trinajstić information content (AvgIpc) is 2.30. The number of likely N-dealkylation sites (N-methyl/N-ethyl adjacent to an activating group) is 2. The first-order chi connectivity index (χ1) is 5.57. The second-order valence-corrected chi connectivity index (χ2v) is 4.23. The Hall–Kier alpha value is -0.0800. The van der Waals surface area contributed by atoms with Crippen molar-refractivity contribution in [3.05, 3.63) is 0 Å². The van der Waals surface area contributed by atoms with Gasteiger partial charge in [0.2, 0.25) is 0 Å². The fourth-order valence-corrected chi connectivity index (χ4v) is 2.53. The van der Waals surface area contributed by atoms with Crippen molar-refractivity contribution in [2.75, 3.05) is 26.8 Å². The molecule has 0 aromatic carbocycles. The Morgan fingerprint density at radius 2 is 1.75 bits per heavy atom. The van der Waals surface area contributed by atoms with E-state index < -0.39 is 0 Å². The van der Waals surface area contributed by atoms with Crippen molar-refractivity contribution >= 4 is 0 Å². The van der Waals surface area contributed by atoms with Crippen LogP contribution in [0.3, 0.4) is 0 Å². The van der Waals surface area contributed by atoms with E-state index in [0.717, 1.165) is 12.1 Å². The van der Waals surface area contributed by atoms with Gasteiger partial charge < -0.3 is 4.48 Å². The molecule has 0 N–H and O–H groups in total. The molecule has 1 aliphatic rings. The van der Waals surface area contributed by atoms with Crippen LogP contribution < -0.4 is 0 Å². The first-order valence-corrected chi connectivity index (χ1v) is 5.13. The first-order valence-electron chi connectivity index (χ1n) is 5.13. The van der Waals surface area contributed by atoms with Crippen LogP contribution in [-0.2, 0) is 0 Å². The maximum atomic E-state index is 2.48. The van der Waals surface area contributed by atoms with E-state index in [1.807, 2.05) is 0 Å². The Morgan fingerprint density at radius 1 is 1.25 bits per heavy atom. The van der Waals surface area contributed by atoms with E-state index >= 15 is 0 Å². The summed E-state index contributed by atoms with van der Waals surface area (Å²) in [7, 11) is 2.24. The molecule has 0 saturated carbocycles. The highest BCUT2D eigenvalue weighted by molar-refractivity contribution is 4.76. The van der Waals surface area contributed by atoms with E-state index in [0.29, 0.717) is 0 Å². The molecule has 0 radical (unpaired) electrons. The van der Waals surface area contributed by atoms with Gasteiger partial charge in [0, 0.05) is 0 Å². The fourth-order valence-electron chi connectivity index (χ4n) is 2.53. The molecule has 0 spiro atoms. The summed E-state index contributed by atoms with van der Waals surface area (Å²) in [6, 6.07) is 1.54. The molecule has 1 aliphatic heterocycles. The maximum Gasteiger partial charge on any atom is 0.135 e. The van der Waals surface area contributed by atoms with Crippen LogP contribution in [0.25, 0.3) is 0 Å². The van der Waals surface area contributed by atoms with Gasteiger partial charge in [0.05, 0.1) is 19.1 Å². The number of nitrogens with zero attached hydrogens (tertiary/aromatic N) is 2. The molecule has 12 heavy (non-hydrogen) atoms. The summed E-state index contributed by atoms with van der Waals surface area (Å²) >= 11 is 0. The summed E-state index contributed by atoms with van der Waals surface area (Å²) < 4.78 is 1.28. The molecule has 2 atom stereocenters. The van der Waals surface area contributed by atoms with Crippen LogP contribution in [0.2, 0.25) is 0 Å². The zero-order valence-corrected chi connectivity index (χ0v) is 9.17. The van der Waals surface area contributed by atoms with Gasteiger partial charge in [0.25, 0.3) is 0 Å². The molecule has 1 fully saturated rings. The molecule has 2 unspecified atom stereocenters. The van der Waals surface area contributed by atoms with Crippen molar-refractivity contribution in [1.82, 2.24) is 4.90 Å². The van der Waals surface area contributed by atoms with Crippen LogP contribution >= 0.6 is 0 Å². The molecular formula is C10H23N2+. The maximum absolute atomic E-state index is 2.48. The van der Waals surface area contributed by atoms with Crippen LogP contribution in [0.15, 0.2) is 0 Å². The lowest BCUT2D eigenvalue weighted by molar-refractivity contribution is -0.938. The van der Waals surface area contributed by atoms with Crippen molar-refractivity contribution in [3.63, 3.8) is 0 Å². The van der Waals surface area contributed by atoms with E-state index in [1.54, 1.807) is 0 Å². The zero-order valence-electron chi connectivity index (χ0n) is 9.17. The van der Waals surface area contributed by atoms with Gasteiger partial charge in [0.15, 0.2) is 0 Å². The smallest absolute Gasteiger partial charge is 0.135 e. The standard InChI is InChI=1S/C10H23N2/c1-6-12(7-2)8-11(5)9(3)10(12)4/h9-10H,6-8H2,1-5H3/q+1. The Bertz CT molecular complexity index is 152. The van der Waals surface area contributed by atoms with Crippen LogP contribution in [0.1, 0.15) is 27.7 Å². The summed E-state index contributed by atoms with van der Waals surface area (Å²) in [6.45, 7) is 13.1.